The molecule has 19 heavy (non-hydrogen) atoms. The van der Waals surface area contributed by atoms with Gasteiger partial charge in [-0.15, -0.1) is 0 Å². The Bertz CT molecular complexity index is 540. The number of rotatable bonds is 5. The van der Waals surface area contributed by atoms with Crippen LogP contribution < -0.4 is 10.5 Å². The van der Waals surface area contributed by atoms with Crippen LogP contribution in [0.15, 0.2) is 42.5 Å². The lowest BCUT2D eigenvalue weighted by molar-refractivity contribution is 0.308. The fourth-order valence-corrected chi connectivity index (χ4v) is 1.72. The second-order valence-electron chi connectivity index (χ2n) is 4.27. The Morgan fingerprint density at radius 3 is 2.37 bits per heavy atom. The maximum Gasteiger partial charge on any atom is 0.162 e. The Labute approximate surface area is 110 Å². The SMILES string of the molecule is Nc1ccc(CCCOc2ccc(F)c(F)c2)cc1. The predicted molar refractivity (Wildman–Crippen MR) is 71.0 cm³/mol. The van der Waals surface area contributed by atoms with Crippen molar-refractivity contribution in [2.24, 2.45) is 0 Å². The number of benzene rings is 2. The van der Waals surface area contributed by atoms with Crippen LogP contribution in [0.5, 0.6) is 5.75 Å². The largest absolute Gasteiger partial charge is 0.493 e. The van der Waals surface area contributed by atoms with Crippen molar-refractivity contribution in [3.8, 4) is 5.75 Å². The first kappa shape index (κ1) is 13.3. The summed E-state index contributed by atoms with van der Waals surface area (Å²) in [5.74, 6) is -1.42. The molecule has 2 aromatic rings. The average Bonchev–Trinajstić information content (AvgIpc) is 2.41. The van der Waals surface area contributed by atoms with E-state index in [-0.39, 0.29) is 0 Å². The molecule has 0 spiro atoms. The van der Waals surface area contributed by atoms with Gasteiger partial charge in [0.1, 0.15) is 5.75 Å². The Balaban J connectivity index is 1.77. The maximum atomic E-state index is 12.9. The fraction of sp³-hybridized carbons (Fsp3) is 0.200. The van der Waals surface area contributed by atoms with Crippen LogP contribution in [0.3, 0.4) is 0 Å². The lowest BCUT2D eigenvalue weighted by Gasteiger charge is -2.06. The highest BCUT2D eigenvalue weighted by atomic mass is 19.2. The Morgan fingerprint density at radius 2 is 1.68 bits per heavy atom. The summed E-state index contributed by atoms with van der Waals surface area (Å²) in [6.45, 7) is 0.454. The van der Waals surface area contributed by atoms with Crippen LogP contribution in [0.1, 0.15) is 12.0 Å². The molecule has 0 saturated carbocycles. The molecule has 0 aliphatic heterocycles. The van der Waals surface area contributed by atoms with E-state index < -0.39 is 11.6 Å². The van der Waals surface area contributed by atoms with Gasteiger partial charge in [-0.05, 0) is 42.7 Å². The molecular formula is C15H15F2NO. The molecule has 0 bridgehead atoms. The molecule has 0 fully saturated rings. The number of hydrogen-bond acceptors (Lipinski definition) is 2. The number of ether oxygens (including phenoxy) is 1. The molecule has 0 amide bonds. The van der Waals surface area contributed by atoms with Gasteiger partial charge in [-0.25, -0.2) is 8.78 Å². The lowest BCUT2D eigenvalue weighted by atomic mass is 10.1. The van der Waals surface area contributed by atoms with Gasteiger partial charge in [-0.3, -0.25) is 0 Å². The smallest absolute Gasteiger partial charge is 0.162 e. The first-order valence-corrected chi connectivity index (χ1v) is 6.07. The number of aryl methyl sites for hydroxylation is 1. The van der Waals surface area contributed by atoms with Gasteiger partial charge >= 0.3 is 0 Å². The van der Waals surface area contributed by atoms with E-state index in [1.807, 2.05) is 24.3 Å². The fourth-order valence-electron chi connectivity index (χ4n) is 1.72. The zero-order valence-electron chi connectivity index (χ0n) is 10.4. The summed E-state index contributed by atoms with van der Waals surface area (Å²) >= 11 is 0. The van der Waals surface area contributed by atoms with E-state index in [0.29, 0.717) is 12.4 Å². The summed E-state index contributed by atoms with van der Waals surface area (Å²) in [4.78, 5) is 0. The quantitative estimate of drug-likeness (QED) is 0.661. The highest BCUT2D eigenvalue weighted by molar-refractivity contribution is 5.39. The highest BCUT2D eigenvalue weighted by Crippen LogP contribution is 2.16. The van der Waals surface area contributed by atoms with Crippen LogP contribution in [0.25, 0.3) is 0 Å². The molecular weight excluding hydrogens is 248 g/mol. The van der Waals surface area contributed by atoms with Crippen LogP contribution in [0.2, 0.25) is 0 Å². The van der Waals surface area contributed by atoms with Gasteiger partial charge in [0, 0.05) is 11.8 Å². The van der Waals surface area contributed by atoms with Crippen molar-refractivity contribution in [1.29, 1.82) is 0 Å². The van der Waals surface area contributed by atoms with Crippen LogP contribution >= 0.6 is 0 Å². The molecule has 2 nitrogen and oxygen atoms in total. The minimum atomic E-state index is -0.893. The Hall–Kier alpha value is -2.10. The van der Waals surface area contributed by atoms with E-state index in [9.17, 15) is 8.78 Å². The third kappa shape index (κ3) is 3.95. The van der Waals surface area contributed by atoms with E-state index in [0.717, 1.165) is 30.7 Å². The standard InChI is InChI=1S/C15H15F2NO/c16-14-8-7-13(10-15(14)17)19-9-1-2-11-3-5-12(18)6-4-11/h3-8,10H,1-2,9,18H2. The lowest BCUT2D eigenvalue weighted by Crippen LogP contribution is -2.00. The van der Waals surface area contributed by atoms with Gasteiger partial charge in [0.05, 0.1) is 6.61 Å². The molecule has 2 aromatic carbocycles. The second kappa shape index (κ2) is 6.18. The molecule has 0 aliphatic carbocycles. The third-order valence-corrected chi connectivity index (χ3v) is 2.75. The van der Waals surface area contributed by atoms with Crippen molar-refractivity contribution >= 4 is 5.69 Å². The van der Waals surface area contributed by atoms with Crippen molar-refractivity contribution in [2.75, 3.05) is 12.3 Å². The van der Waals surface area contributed by atoms with E-state index >= 15 is 0 Å². The molecule has 4 heteroatoms. The topological polar surface area (TPSA) is 35.2 Å². The van der Waals surface area contributed by atoms with Gasteiger partial charge < -0.3 is 10.5 Å². The van der Waals surface area contributed by atoms with Crippen molar-refractivity contribution in [2.45, 2.75) is 12.8 Å². The summed E-state index contributed by atoms with van der Waals surface area (Å²) in [6.07, 6.45) is 1.65. The minimum absolute atomic E-state index is 0.344. The zero-order chi connectivity index (χ0) is 13.7. The molecule has 0 aromatic heterocycles. The Morgan fingerprint density at radius 1 is 0.947 bits per heavy atom. The molecule has 0 unspecified atom stereocenters. The van der Waals surface area contributed by atoms with Crippen LogP contribution in [-0.2, 0) is 6.42 Å². The van der Waals surface area contributed by atoms with E-state index in [1.54, 1.807) is 0 Å². The molecule has 2 N–H and O–H groups in total. The third-order valence-electron chi connectivity index (χ3n) is 2.75. The number of halogens is 2. The van der Waals surface area contributed by atoms with Crippen molar-refractivity contribution in [3.05, 3.63) is 59.7 Å². The summed E-state index contributed by atoms with van der Waals surface area (Å²) in [5, 5.41) is 0. The van der Waals surface area contributed by atoms with Crippen molar-refractivity contribution in [3.63, 3.8) is 0 Å². The van der Waals surface area contributed by atoms with Gasteiger partial charge in [-0.2, -0.15) is 0 Å². The van der Waals surface area contributed by atoms with Gasteiger partial charge in [-0.1, -0.05) is 12.1 Å². The average molecular weight is 263 g/mol. The number of nitrogen functional groups attached to an aromatic ring is 1. The summed E-state index contributed by atoms with van der Waals surface area (Å²) in [5.41, 5.74) is 7.50. The summed E-state index contributed by atoms with van der Waals surface area (Å²) in [7, 11) is 0. The molecule has 0 atom stereocenters. The highest BCUT2D eigenvalue weighted by Gasteiger charge is 2.03. The van der Waals surface area contributed by atoms with Gasteiger partial charge in [0.2, 0.25) is 0 Å². The van der Waals surface area contributed by atoms with Crippen LogP contribution in [-0.4, -0.2) is 6.61 Å². The normalized spacial score (nSPS) is 10.4. The number of anilines is 1. The van der Waals surface area contributed by atoms with Gasteiger partial charge in [0.25, 0.3) is 0 Å². The molecule has 0 aliphatic rings. The molecule has 2 rings (SSSR count). The van der Waals surface area contributed by atoms with Crippen LogP contribution in [0, 0.1) is 11.6 Å². The number of hydrogen-bond donors (Lipinski definition) is 1. The number of nitrogens with two attached hydrogens (primary N) is 1. The second-order valence-corrected chi connectivity index (χ2v) is 4.27. The molecule has 100 valence electrons. The maximum absolute atomic E-state index is 12.9. The summed E-state index contributed by atoms with van der Waals surface area (Å²) in [6, 6.07) is 11.2. The molecule has 0 heterocycles. The van der Waals surface area contributed by atoms with E-state index in [4.69, 9.17) is 10.5 Å². The molecule has 0 saturated heterocycles. The van der Waals surface area contributed by atoms with E-state index in [1.165, 1.54) is 11.6 Å². The predicted octanol–water partition coefficient (Wildman–Crippen LogP) is 3.56. The minimum Gasteiger partial charge on any atom is -0.493 e. The zero-order valence-corrected chi connectivity index (χ0v) is 10.4. The first-order chi connectivity index (χ1) is 9.15. The Kier molecular flexibility index (Phi) is 4.34. The monoisotopic (exact) mass is 263 g/mol. The van der Waals surface area contributed by atoms with Gasteiger partial charge in [0.15, 0.2) is 11.6 Å². The first-order valence-electron chi connectivity index (χ1n) is 6.07. The summed E-state index contributed by atoms with van der Waals surface area (Å²) < 4.78 is 31.0. The van der Waals surface area contributed by atoms with Crippen molar-refractivity contribution in [1.82, 2.24) is 0 Å². The van der Waals surface area contributed by atoms with Crippen LogP contribution in [0.4, 0.5) is 14.5 Å². The van der Waals surface area contributed by atoms with E-state index in [2.05, 4.69) is 0 Å². The molecule has 0 radical (unpaired) electrons. The van der Waals surface area contributed by atoms with Crippen molar-refractivity contribution < 1.29 is 13.5 Å².